The van der Waals surface area contributed by atoms with E-state index in [4.69, 9.17) is 47.3 Å². The fourth-order valence-electron chi connectivity index (χ4n) is 7.68. The zero-order chi connectivity index (χ0) is 56.4. The van der Waals surface area contributed by atoms with Crippen molar-refractivity contribution in [2.45, 2.75) is 88.1 Å². The molecule has 0 saturated heterocycles. The van der Waals surface area contributed by atoms with Crippen LogP contribution < -0.4 is 14.2 Å². The Morgan fingerprint density at radius 2 is 0.853 bits per heavy atom. The van der Waals surface area contributed by atoms with Crippen molar-refractivity contribution >= 4 is 54.9 Å². The molecule has 0 aliphatic carbocycles. The van der Waals surface area contributed by atoms with Gasteiger partial charge in [-0.05, 0) is 83.1 Å². The normalized spacial score (nSPS) is 13.7. The number of fused-ring (bicyclic) bond motifs is 3. The molecular weight excluding hydrogens is 1010 g/mol. The number of methoxy groups -OCH3 is 3. The first-order valence-electron chi connectivity index (χ1n) is 22.1. The number of phenolic OH excluding ortho intramolecular Hbond substituents is 3. The molecule has 3 aromatic rings. The van der Waals surface area contributed by atoms with Crippen LogP contribution in [0, 0.1) is 20.8 Å². The SMILES string of the molecule is C.C=C.COc1c(C)c2c(c(O)c1C/C=C(C)/C=C/P(=O)(O)O)C(=O)OC2.COc1c(C)c2c(c(O)c1C/C=C(C)/C=C/P(=O)(OC)OC)C(=O)OC2.COc1c(C)c2c(c(O)c1C/C=C(\C)C=O)C(=O)OC2.[B][B]. The van der Waals surface area contributed by atoms with E-state index in [0.29, 0.717) is 74.6 Å². The molecule has 4 radical (unpaired) electrons. The molecule has 5 N–H and O–H groups in total. The molecule has 404 valence electrons. The molecule has 23 heteroatoms. The maximum atomic E-state index is 12.0. The molecule has 0 atom stereocenters. The van der Waals surface area contributed by atoms with Crippen molar-refractivity contribution in [1.82, 2.24) is 0 Å². The number of hydrogen-bond donors (Lipinski definition) is 5. The van der Waals surface area contributed by atoms with Gasteiger partial charge in [-0.15, -0.1) is 13.2 Å². The average molecular weight is 1080 g/mol. The minimum Gasteiger partial charge on any atom is -0.507 e. The van der Waals surface area contributed by atoms with Gasteiger partial charge in [0.05, 0.1) is 21.3 Å². The van der Waals surface area contributed by atoms with E-state index in [9.17, 15) is 43.6 Å². The zero-order valence-corrected chi connectivity index (χ0v) is 45.1. The van der Waals surface area contributed by atoms with Gasteiger partial charge < -0.3 is 62.6 Å². The lowest BCUT2D eigenvalue weighted by Gasteiger charge is -2.15. The summed E-state index contributed by atoms with van der Waals surface area (Å²) in [5.41, 5.74) is 8.08. The Kier molecular flexibility index (Phi) is 26.6. The second kappa shape index (κ2) is 30.1. The standard InChI is InChI=1S/C18H23O7P.C16H19O7P.C15H16O5.C2H4.CH4.B2/c1-11(8-9-26(21,23-4)24-5)6-7-13-16(19)15-14(10-25-18(15)20)12(2)17(13)22-3;1-9(6-7-24(19,20)21)4-5-11-14(17)13-12(8-23-16(13)18)10(2)15(11)22-3;1-8(6-16)4-5-10-13(17)12-11(7-20-15(12)18)9(2)14(10)19-3;1-2;;1-2/h6,8-9,19H,7,10H2,1-5H3;4,6-7,17H,5,8H2,1-3H3,(H2,19,20,21);4,6,17H,5,7H2,1-3H3;1-2H2;1H4;/b9-8+,11-6+;7-6+,9-4+;8-4+;;;. The molecule has 0 aromatic heterocycles. The van der Waals surface area contributed by atoms with E-state index >= 15 is 0 Å². The third kappa shape index (κ3) is 16.2. The topological polar surface area (TPSA) is 277 Å². The molecule has 6 rings (SSSR count). The summed E-state index contributed by atoms with van der Waals surface area (Å²) >= 11 is 0. The van der Waals surface area contributed by atoms with Crippen molar-refractivity contribution in [2.75, 3.05) is 35.5 Å². The van der Waals surface area contributed by atoms with Gasteiger partial charge in [0.1, 0.15) is 77.3 Å². The number of esters is 3. The molecule has 0 spiro atoms. The summed E-state index contributed by atoms with van der Waals surface area (Å²) in [6, 6.07) is 0. The summed E-state index contributed by atoms with van der Waals surface area (Å²) in [5, 5.41) is 31.3. The van der Waals surface area contributed by atoms with Gasteiger partial charge in [-0.2, -0.15) is 0 Å². The number of cyclic esters (lactones) is 3. The highest BCUT2D eigenvalue weighted by molar-refractivity contribution is 7.57. The van der Waals surface area contributed by atoms with Crippen LogP contribution in [0.5, 0.6) is 34.5 Å². The van der Waals surface area contributed by atoms with Crippen LogP contribution in [0.15, 0.2) is 71.9 Å². The molecule has 0 amide bonds. The molecule has 3 aliphatic heterocycles. The summed E-state index contributed by atoms with van der Waals surface area (Å²) in [4.78, 5) is 63.7. The van der Waals surface area contributed by atoms with Gasteiger partial charge in [0, 0.05) is 74.7 Å². The van der Waals surface area contributed by atoms with Gasteiger partial charge in [0.15, 0.2) is 0 Å². The van der Waals surface area contributed by atoms with Crippen LogP contribution in [0.2, 0.25) is 0 Å². The van der Waals surface area contributed by atoms with Crippen molar-refractivity contribution in [3.8, 4) is 34.5 Å². The Morgan fingerprint density at radius 1 is 0.573 bits per heavy atom. The van der Waals surface area contributed by atoms with Crippen LogP contribution in [0.4, 0.5) is 0 Å². The lowest BCUT2D eigenvalue weighted by Crippen LogP contribution is -2.03. The summed E-state index contributed by atoms with van der Waals surface area (Å²) in [7, 11) is 7.64. The molecule has 3 aromatic carbocycles. The smallest absolute Gasteiger partial charge is 0.353 e. The maximum Gasteiger partial charge on any atom is 0.353 e. The van der Waals surface area contributed by atoms with E-state index in [1.165, 1.54) is 47.4 Å². The van der Waals surface area contributed by atoms with Gasteiger partial charge >= 0.3 is 33.1 Å². The number of ether oxygens (including phenoxy) is 6. The highest BCUT2D eigenvalue weighted by Gasteiger charge is 2.34. The molecule has 0 saturated carbocycles. The number of aromatic hydroxyl groups is 3. The van der Waals surface area contributed by atoms with E-state index in [-0.39, 0.29) is 67.6 Å². The molecule has 3 aliphatic rings. The summed E-state index contributed by atoms with van der Waals surface area (Å²) < 4.78 is 63.7. The number of hydrogen-bond acceptors (Lipinski definition) is 17. The Labute approximate surface area is 441 Å². The van der Waals surface area contributed by atoms with Gasteiger partial charge in [-0.25, -0.2) is 14.4 Å². The van der Waals surface area contributed by atoms with E-state index in [0.717, 1.165) is 34.4 Å². The molecular formula is C52H66B2O19P2. The van der Waals surface area contributed by atoms with Crippen molar-refractivity contribution in [3.63, 3.8) is 0 Å². The van der Waals surface area contributed by atoms with E-state index in [1.807, 2.05) is 26.8 Å². The van der Waals surface area contributed by atoms with Gasteiger partial charge in [0.25, 0.3) is 0 Å². The predicted octanol–water partition coefficient (Wildman–Crippen LogP) is 9.17. The molecule has 19 nitrogen and oxygen atoms in total. The highest BCUT2D eigenvalue weighted by atomic mass is 31.2. The summed E-state index contributed by atoms with van der Waals surface area (Å²) in [6.07, 6.45) is 9.68. The summed E-state index contributed by atoms with van der Waals surface area (Å²) in [6.45, 7) is 17.0. The van der Waals surface area contributed by atoms with Crippen LogP contribution in [0.25, 0.3) is 0 Å². The number of benzene rings is 3. The van der Waals surface area contributed by atoms with Crippen molar-refractivity contribution in [3.05, 3.63) is 139 Å². The van der Waals surface area contributed by atoms with Crippen LogP contribution in [0.1, 0.15) is 109 Å². The van der Waals surface area contributed by atoms with Crippen LogP contribution in [-0.4, -0.2) is 100 Å². The van der Waals surface area contributed by atoms with Crippen molar-refractivity contribution < 1.29 is 90.9 Å². The van der Waals surface area contributed by atoms with Crippen molar-refractivity contribution in [2.24, 2.45) is 0 Å². The minimum atomic E-state index is -4.22. The van der Waals surface area contributed by atoms with Gasteiger partial charge in [0.2, 0.25) is 0 Å². The highest BCUT2D eigenvalue weighted by Crippen LogP contribution is 2.49. The lowest BCUT2D eigenvalue weighted by atomic mass is 9.81. The largest absolute Gasteiger partial charge is 0.507 e. The van der Waals surface area contributed by atoms with Crippen molar-refractivity contribution in [1.29, 1.82) is 0 Å². The quantitative estimate of drug-likeness (QED) is 0.0131. The third-order valence-corrected chi connectivity index (χ3v) is 13.6. The fourth-order valence-corrected chi connectivity index (χ4v) is 8.92. The second-order valence-corrected chi connectivity index (χ2v) is 19.5. The molecule has 0 bridgehead atoms. The fraction of sp³-hybridized carbons (Fsp3) is 0.346. The number of carbonyl (C=O) groups excluding carboxylic acids is 4. The summed E-state index contributed by atoms with van der Waals surface area (Å²) in [5.74, 6) is 1.61. The predicted molar refractivity (Wildman–Crippen MR) is 285 cm³/mol. The number of rotatable bonds is 16. The third-order valence-electron chi connectivity index (χ3n) is 11.6. The number of carbonyl (C=O) groups is 4. The van der Waals surface area contributed by atoms with Gasteiger partial charge in [-0.3, -0.25) is 13.9 Å². The van der Waals surface area contributed by atoms with Gasteiger partial charge in [-0.1, -0.05) is 49.0 Å². The second-order valence-electron chi connectivity index (χ2n) is 15.9. The number of phenols is 3. The zero-order valence-electron chi connectivity index (χ0n) is 43.3. The van der Waals surface area contributed by atoms with E-state index in [2.05, 4.69) is 28.6 Å². The molecule has 3 heterocycles. The number of allylic oxidation sites excluding steroid dienone is 8. The molecule has 0 fully saturated rings. The Hall–Kier alpha value is -6.59. The average Bonchev–Trinajstić information content (AvgIpc) is 4.11. The van der Waals surface area contributed by atoms with Crippen LogP contribution in [0.3, 0.4) is 0 Å². The lowest BCUT2D eigenvalue weighted by molar-refractivity contribution is -0.104. The minimum absolute atomic E-state index is 0. The molecule has 75 heavy (non-hydrogen) atoms. The first-order chi connectivity index (χ1) is 34.9. The Morgan fingerprint density at radius 3 is 1.11 bits per heavy atom. The van der Waals surface area contributed by atoms with Crippen LogP contribution in [-0.2, 0) is 76.3 Å². The van der Waals surface area contributed by atoms with E-state index in [1.54, 1.807) is 39.0 Å². The Balaban J connectivity index is 0.000000544. The van der Waals surface area contributed by atoms with Crippen LogP contribution >= 0.6 is 15.2 Å². The first-order valence-corrected chi connectivity index (χ1v) is 25.4. The van der Waals surface area contributed by atoms with E-state index < -0.39 is 33.1 Å². The maximum absolute atomic E-state index is 12.0. The number of aldehydes is 1. The first kappa shape index (κ1) is 66.4. The monoisotopic (exact) mass is 1080 g/mol. The Bertz CT molecular complexity index is 2850. The molecule has 0 unspecified atom stereocenters.